The zero-order valence-corrected chi connectivity index (χ0v) is 12.1. The molecule has 0 saturated heterocycles. The van der Waals surface area contributed by atoms with Gasteiger partial charge in [-0.2, -0.15) is 13.2 Å². The van der Waals surface area contributed by atoms with Gasteiger partial charge >= 0.3 is 6.18 Å². The lowest BCUT2D eigenvalue weighted by molar-refractivity contribution is -0.138. The molecule has 20 heavy (non-hydrogen) atoms. The molecule has 0 bridgehead atoms. The second kappa shape index (κ2) is 6.68. The first kappa shape index (κ1) is 17.1. The van der Waals surface area contributed by atoms with Crippen molar-refractivity contribution < 1.29 is 17.9 Å². The first-order valence-corrected chi connectivity index (χ1v) is 6.44. The highest BCUT2D eigenvalue weighted by Crippen LogP contribution is 2.41. The van der Waals surface area contributed by atoms with Crippen molar-refractivity contribution in [1.29, 1.82) is 0 Å². The van der Waals surface area contributed by atoms with E-state index < -0.39 is 17.8 Å². The second-order valence-electron chi connectivity index (χ2n) is 5.02. The van der Waals surface area contributed by atoms with Crippen molar-refractivity contribution in [1.82, 2.24) is 0 Å². The molecule has 2 rings (SSSR count). The summed E-state index contributed by atoms with van der Waals surface area (Å²) < 4.78 is 44.2. The van der Waals surface area contributed by atoms with Gasteiger partial charge in [-0.1, -0.05) is 18.9 Å². The van der Waals surface area contributed by atoms with E-state index in [9.17, 15) is 13.2 Å². The summed E-state index contributed by atoms with van der Waals surface area (Å²) in [7, 11) is 1.35. The van der Waals surface area contributed by atoms with Crippen LogP contribution in [0.25, 0.3) is 0 Å². The van der Waals surface area contributed by atoms with Gasteiger partial charge in [0.2, 0.25) is 0 Å². The summed E-state index contributed by atoms with van der Waals surface area (Å²) >= 11 is 0. The molecule has 1 saturated carbocycles. The molecule has 0 amide bonds. The van der Waals surface area contributed by atoms with E-state index in [1.54, 1.807) is 6.07 Å². The van der Waals surface area contributed by atoms with Crippen LogP contribution in [-0.4, -0.2) is 7.11 Å². The second-order valence-corrected chi connectivity index (χ2v) is 5.02. The van der Waals surface area contributed by atoms with E-state index in [2.05, 4.69) is 0 Å². The van der Waals surface area contributed by atoms with Crippen LogP contribution in [-0.2, 0) is 6.18 Å². The molecule has 2 N–H and O–H groups in total. The minimum Gasteiger partial charge on any atom is -0.497 e. The molecule has 1 aliphatic carbocycles. The molecule has 0 radical (unpaired) electrons. The Hall–Kier alpha value is -0.940. The number of hydrogen-bond acceptors (Lipinski definition) is 2. The average Bonchev–Trinajstić information content (AvgIpc) is 2.90. The van der Waals surface area contributed by atoms with Gasteiger partial charge < -0.3 is 10.5 Å². The largest absolute Gasteiger partial charge is 0.497 e. The molecule has 1 aliphatic rings. The molecule has 114 valence electrons. The van der Waals surface area contributed by atoms with Crippen molar-refractivity contribution in [3.05, 3.63) is 29.3 Å². The predicted molar refractivity (Wildman–Crippen MR) is 74.1 cm³/mol. The van der Waals surface area contributed by atoms with Gasteiger partial charge in [0.25, 0.3) is 0 Å². The van der Waals surface area contributed by atoms with Gasteiger partial charge in [-0.15, -0.1) is 12.4 Å². The van der Waals surface area contributed by atoms with Gasteiger partial charge in [-0.3, -0.25) is 0 Å². The number of ether oxygens (including phenoxy) is 1. The fraction of sp³-hybridized carbons (Fsp3) is 0.571. The molecular formula is C14H19ClF3NO. The van der Waals surface area contributed by atoms with Crippen molar-refractivity contribution in [3.8, 4) is 5.75 Å². The van der Waals surface area contributed by atoms with E-state index in [4.69, 9.17) is 10.5 Å². The molecule has 1 aromatic carbocycles. The number of nitrogens with two attached hydrogens (primary N) is 1. The highest BCUT2D eigenvalue weighted by atomic mass is 35.5. The normalized spacial score (nSPS) is 17.6. The van der Waals surface area contributed by atoms with Crippen LogP contribution < -0.4 is 10.5 Å². The number of rotatable bonds is 3. The zero-order chi connectivity index (χ0) is 14.0. The van der Waals surface area contributed by atoms with E-state index in [0.29, 0.717) is 0 Å². The van der Waals surface area contributed by atoms with Crippen molar-refractivity contribution in [2.24, 2.45) is 11.7 Å². The summed E-state index contributed by atoms with van der Waals surface area (Å²) in [5.74, 6) is 0.351. The Kier molecular flexibility index (Phi) is 5.71. The Bertz CT molecular complexity index is 445. The highest BCUT2D eigenvalue weighted by Gasteiger charge is 2.37. The fourth-order valence-corrected chi connectivity index (χ4v) is 2.77. The molecule has 0 unspecified atom stereocenters. The molecule has 1 atom stereocenters. The van der Waals surface area contributed by atoms with Crippen molar-refractivity contribution in [2.75, 3.05) is 7.11 Å². The molecule has 2 nitrogen and oxygen atoms in total. The molecule has 0 aliphatic heterocycles. The van der Waals surface area contributed by atoms with Gasteiger partial charge in [0.05, 0.1) is 12.7 Å². The van der Waals surface area contributed by atoms with E-state index in [-0.39, 0.29) is 29.6 Å². The molecule has 0 heterocycles. The standard InChI is InChI=1S/C14H18F3NO.ClH/c1-19-10-6-7-11(12(8-10)14(15,16)17)13(18)9-4-2-3-5-9;/h6-9,13H,2-5,18H2,1H3;1H/t13-;/m0./s1. The maximum Gasteiger partial charge on any atom is 0.416 e. The minimum atomic E-state index is -4.40. The smallest absolute Gasteiger partial charge is 0.416 e. The molecule has 1 aromatic rings. The van der Waals surface area contributed by atoms with Gasteiger partial charge in [0.15, 0.2) is 0 Å². The minimum absolute atomic E-state index is 0. The molecule has 1 fully saturated rings. The van der Waals surface area contributed by atoms with Crippen LogP contribution in [0.1, 0.15) is 42.9 Å². The highest BCUT2D eigenvalue weighted by molar-refractivity contribution is 5.85. The monoisotopic (exact) mass is 309 g/mol. The SMILES string of the molecule is COc1ccc([C@@H](N)C2CCCC2)c(C(F)(F)F)c1.Cl. The number of benzene rings is 1. The quantitative estimate of drug-likeness (QED) is 0.902. The number of halogens is 4. The summed E-state index contributed by atoms with van der Waals surface area (Å²) in [6.45, 7) is 0. The van der Waals surface area contributed by atoms with Crippen molar-refractivity contribution in [3.63, 3.8) is 0 Å². The third-order valence-electron chi connectivity index (χ3n) is 3.83. The van der Waals surface area contributed by atoms with Gasteiger partial charge in [-0.25, -0.2) is 0 Å². The zero-order valence-electron chi connectivity index (χ0n) is 11.2. The van der Waals surface area contributed by atoms with Crippen molar-refractivity contribution in [2.45, 2.75) is 37.9 Å². The lowest BCUT2D eigenvalue weighted by Crippen LogP contribution is -2.23. The predicted octanol–water partition coefficient (Wildman–Crippen LogP) is 4.33. The number of alkyl halides is 3. The Morgan fingerprint density at radius 2 is 1.85 bits per heavy atom. The number of hydrogen-bond donors (Lipinski definition) is 1. The summed E-state index contributed by atoms with van der Waals surface area (Å²) in [6, 6.07) is 3.47. The topological polar surface area (TPSA) is 35.2 Å². The Morgan fingerprint density at radius 1 is 1.25 bits per heavy atom. The van der Waals surface area contributed by atoms with E-state index in [1.807, 2.05) is 0 Å². The van der Waals surface area contributed by atoms with Crippen molar-refractivity contribution >= 4 is 12.4 Å². The first-order valence-electron chi connectivity index (χ1n) is 6.44. The Labute approximate surface area is 122 Å². The Morgan fingerprint density at radius 3 is 2.35 bits per heavy atom. The lowest BCUT2D eigenvalue weighted by atomic mass is 9.89. The van der Waals surface area contributed by atoms with E-state index in [1.165, 1.54) is 13.2 Å². The number of methoxy groups -OCH3 is 1. The molecular weight excluding hydrogens is 291 g/mol. The summed E-state index contributed by atoms with van der Waals surface area (Å²) in [6.07, 6.45) is -0.485. The fourth-order valence-electron chi connectivity index (χ4n) is 2.77. The molecule has 6 heteroatoms. The van der Waals surface area contributed by atoms with Gasteiger partial charge in [0.1, 0.15) is 5.75 Å². The Balaban J connectivity index is 0.00000200. The van der Waals surface area contributed by atoms with Gasteiger partial charge in [0, 0.05) is 6.04 Å². The molecule has 0 aromatic heterocycles. The third-order valence-corrected chi connectivity index (χ3v) is 3.83. The summed E-state index contributed by atoms with van der Waals surface area (Å²) in [5, 5.41) is 0. The van der Waals surface area contributed by atoms with Crippen LogP contribution in [0.4, 0.5) is 13.2 Å². The van der Waals surface area contributed by atoms with Crippen LogP contribution >= 0.6 is 12.4 Å². The van der Waals surface area contributed by atoms with Crippen LogP contribution in [0.2, 0.25) is 0 Å². The molecule has 0 spiro atoms. The average molecular weight is 310 g/mol. The van der Waals surface area contributed by atoms with Crippen LogP contribution in [0.15, 0.2) is 18.2 Å². The van der Waals surface area contributed by atoms with Crippen LogP contribution in [0.5, 0.6) is 5.75 Å². The van der Waals surface area contributed by atoms with Crippen LogP contribution in [0, 0.1) is 5.92 Å². The van der Waals surface area contributed by atoms with E-state index >= 15 is 0 Å². The van der Waals surface area contributed by atoms with Crippen LogP contribution in [0.3, 0.4) is 0 Å². The maximum absolute atomic E-state index is 13.1. The summed E-state index contributed by atoms with van der Waals surface area (Å²) in [4.78, 5) is 0. The maximum atomic E-state index is 13.1. The van der Waals surface area contributed by atoms with Gasteiger partial charge in [-0.05, 0) is 36.5 Å². The summed E-state index contributed by atoms with van der Waals surface area (Å²) in [5.41, 5.74) is 5.55. The van der Waals surface area contributed by atoms with E-state index in [0.717, 1.165) is 31.7 Å². The first-order chi connectivity index (χ1) is 8.93. The lowest BCUT2D eigenvalue weighted by Gasteiger charge is -2.23. The third kappa shape index (κ3) is 3.58.